The summed E-state index contributed by atoms with van der Waals surface area (Å²) < 4.78 is 17.9. The number of aromatic nitrogens is 3. The Balaban J connectivity index is 1.75. The van der Waals surface area contributed by atoms with Gasteiger partial charge in [0.05, 0.1) is 22.3 Å². The number of fused-ring (bicyclic) bond motifs is 1. The van der Waals surface area contributed by atoms with E-state index in [2.05, 4.69) is 11.6 Å². The SMILES string of the molecule is C=CCn1c(C)cc(C(=O)CSc2nc3ccccc3c(=O)n2-c2ccccc2F)c1C. The van der Waals surface area contributed by atoms with Crippen LogP contribution < -0.4 is 5.56 Å². The van der Waals surface area contributed by atoms with Crippen molar-refractivity contribution in [2.24, 2.45) is 0 Å². The van der Waals surface area contributed by atoms with Gasteiger partial charge in [0.2, 0.25) is 0 Å². The minimum Gasteiger partial charge on any atom is -0.345 e. The predicted molar refractivity (Wildman–Crippen MR) is 126 cm³/mol. The number of benzene rings is 2. The molecule has 0 amide bonds. The van der Waals surface area contributed by atoms with E-state index in [0.717, 1.165) is 23.1 Å². The van der Waals surface area contributed by atoms with Crippen LogP contribution in [0, 0.1) is 19.7 Å². The second-order valence-corrected chi connectivity index (χ2v) is 8.34. The molecule has 0 unspecified atom stereocenters. The van der Waals surface area contributed by atoms with Crippen LogP contribution in [0.4, 0.5) is 4.39 Å². The molecule has 0 radical (unpaired) electrons. The van der Waals surface area contributed by atoms with Crippen LogP contribution in [0.1, 0.15) is 21.7 Å². The first-order chi connectivity index (χ1) is 15.4. The minimum absolute atomic E-state index is 0.0671. The monoisotopic (exact) mass is 447 g/mol. The van der Waals surface area contributed by atoms with Gasteiger partial charge in [-0.15, -0.1) is 6.58 Å². The van der Waals surface area contributed by atoms with Gasteiger partial charge in [0, 0.05) is 23.5 Å². The molecule has 5 nitrogen and oxygen atoms in total. The molecule has 0 bridgehead atoms. The van der Waals surface area contributed by atoms with E-state index in [9.17, 15) is 14.0 Å². The lowest BCUT2D eigenvalue weighted by atomic mass is 10.2. The van der Waals surface area contributed by atoms with Crippen LogP contribution in [0.25, 0.3) is 16.6 Å². The summed E-state index contributed by atoms with van der Waals surface area (Å²) in [5, 5.41) is 0.659. The van der Waals surface area contributed by atoms with Gasteiger partial charge in [-0.2, -0.15) is 0 Å². The molecule has 4 aromatic rings. The Morgan fingerprint density at radius 2 is 1.88 bits per heavy atom. The van der Waals surface area contributed by atoms with E-state index in [0.29, 0.717) is 23.0 Å². The Labute approximate surface area is 189 Å². The molecular weight excluding hydrogens is 425 g/mol. The predicted octanol–water partition coefficient (Wildman–Crippen LogP) is 5.10. The summed E-state index contributed by atoms with van der Waals surface area (Å²) in [6.45, 7) is 8.23. The topological polar surface area (TPSA) is 56.9 Å². The number of carbonyl (C=O) groups is 1. The molecule has 2 aromatic carbocycles. The first-order valence-electron chi connectivity index (χ1n) is 10.1. The second-order valence-electron chi connectivity index (χ2n) is 7.40. The lowest BCUT2D eigenvalue weighted by Gasteiger charge is -2.13. The molecule has 7 heteroatoms. The summed E-state index contributed by atoms with van der Waals surface area (Å²) in [4.78, 5) is 30.8. The Morgan fingerprint density at radius 3 is 2.62 bits per heavy atom. The molecule has 0 fully saturated rings. The Hall–Kier alpha value is -3.45. The third kappa shape index (κ3) is 3.91. The van der Waals surface area contributed by atoms with E-state index >= 15 is 0 Å². The van der Waals surface area contributed by atoms with Gasteiger partial charge in [0.25, 0.3) is 5.56 Å². The first-order valence-corrected chi connectivity index (χ1v) is 11.1. The van der Waals surface area contributed by atoms with Gasteiger partial charge in [0.15, 0.2) is 10.9 Å². The lowest BCUT2D eigenvalue weighted by Crippen LogP contribution is -2.23. The van der Waals surface area contributed by atoms with Crippen molar-refractivity contribution in [1.82, 2.24) is 14.1 Å². The van der Waals surface area contributed by atoms with E-state index in [1.807, 2.05) is 24.5 Å². The van der Waals surface area contributed by atoms with Gasteiger partial charge in [-0.05, 0) is 44.2 Å². The summed E-state index contributed by atoms with van der Waals surface area (Å²) in [5.41, 5.74) is 2.70. The molecule has 0 saturated carbocycles. The number of para-hydroxylation sites is 2. The second kappa shape index (κ2) is 8.96. The number of halogens is 1. The maximum absolute atomic E-state index is 14.6. The third-order valence-electron chi connectivity index (χ3n) is 5.36. The van der Waals surface area contributed by atoms with Crippen molar-refractivity contribution in [1.29, 1.82) is 0 Å². The van der Waals surface area contributed by atoms with E-state index in [-0.39, 0.29) is 27.9 Å². The standard InChI is InChI=1S/C25H22FN3O2S/c1-4-13-28-16(2)14-19(17(28)3)23(30)15-32-25-27-21-11-7-5-9-18(21)24(31)29(25)22-12-8-6-10-20(22)26/h4-12,14H,1,13,15H2,2-3H3. The number of Topliss-reactive ketones (excluding diaryl/α,β-unsaturated/α-hetero) is 1. The Morgan fingerprint density at radius 1 is 1.16 bits per heavy atom. The number of allylic oxidation sites excluding steroid dienone is 1. The number of rotatable bonds is 7. The van der Waals surface area contributed by atoms with Gasteiger partial charge >= 0.3 is 0 Å². The van der Waals surface area contributed by atoms with Crippen molar-refractivity contribution in [3.63, 3.8) is 0 Å². The van der Waals surface area contributed by atoms with Gasteiger partial charge < -0.3 is 4.57 Å². The molecule has 4 rings (SSSR count). The first kappa shape index (κ1) is 21.8. The molecule has 162 valence electrons. The normalized spacial score (nSPS) is 11.1. The summed E-state index contributed by atoms with van der Waals surface area (Å²) in [6.07, 6.45) is 1.79. The van der Waals surface area contributed by atoms with E-state index in [1.165, 1.54) is 16.7 Å². The van der Waals surface area contributed by atoms with Crippen molar-refractivity contribution in [2.45, 2.75) is 25.5 Å². The van der Waals surface area contributed by atoms with Crippen molar-refractivity contribution in [2.75, 3.05) is 5.75 Å². The quantitative estimate of drug-likeness (QED) is 0.171. The van der Waals surface area contributed by atoms with Crippen molar-refractivity contribution in [3.05, 3.63) is 100 Å². The smallest absolute Gasteiger partial charge is 0.266 e. The minimum atomic E-state index is -0.534. The zero-order valence-electron chi connectivity index (χ0n) is 17.8. The molecule has 0 aliphatic rings. The zero-order chi connectivity index (χ0) is 22.8. The van der Waals surface area contributed by atoms with E-state index in [4.69, 9.17) is 0 Å². The fourth-order valence-corrected chi connectivity index (χ4v) is 4.64. The van der Waals surface area contributed by atoms with Crippen LogP contribution >= 0.6 is 11.8 Å². The molecule has 0 aliphatic carbocycles. The number of hydrogen-bond donors (Lipinski definition) is 0. The number of ketones is 1. The van der Waals surface area contributed by atoms with Crippen LogP contribution in [0.3, 0.4) is 0 Å². The average molecular weight is 448 g/mol. The molecule has 0 aliphatic heterocycles. The summed E-state index contributed by atoms with van der Waals surface area (Å²) in [7, 11) is 0. The molecule has 0 saturated heterocycles. The highest BCUT2D eigenvalue weighted by Crippen LogP contribution is 2.25. The largest absolute Gasteiger partial charge is 0.345 e. The maximum atomic E-state index is 14.6. The highest BCUT2D eigenvalue weighted by Gasteiger charge is 2.19. The lowest BCUT2D eigenvalue weighted by molar-refractivity contribution is 0.102. The van der Waals surface area contributed by atoms with Crippen LogP contribution in [0.15, 0.2) is 77.2 Å². The summed E-state index contributed by atoms with van der Waals surface area (Å²) >= 11 is 1.13. The molecular formula is C25H22FN3O2S. The van der Waals surface area contributed by atoms with Crippen LogP contribution in [0.5, 0.6) is 0 Å². The van der Waals surface area contributed by atoms with Gasteiger partial charge in [-0.3, -0.25) is 14.2 Å². The van der Waals surface area contributed by atoms with E-state index < -0.39 is 5.82 Å². The van der Waals surface area contributed by atoms with Gasteiger partial charge in [-0.25, -0.2) is 9.37 Å². The van der Waals surface area contributed by atoms with Gasteiger partial charge in [-0.1, -0.05) is 42.1 Å². The fourth-order valence-electron chi connectivity index (χ4n) is 3.76. The number of hydrogen-bond acceptors (Lipinski definition) is 4. The molecule has 0 atom stereocenters. The highest BCUT2D eigenvalue weighted by atomic mass is 32.2. The molecule has 2 aromatic heterocycles. The summed E-state index contributed by atoms with van der Waals surface area (Å²) in [6, 6.07) is 14.8. The van der Waals surface area contributed by atoms with Gasteiger partial charge in [0.1, 0.15) is 5.82 Å². The number of nitrogens with zero attached hydrogens (tertiary/aromatic N) is 3. The molecule has 2 heterocycles. The van der Waals surface area contributed by atoms with Crippen LogP contribution in [-0.2, 0) is 6.54 Å². The van der Waals surface area contributed by atoms with Crippen LogP contribution in [0.2, 0.25) is 0 Å². The number of thioether (sulfide) groups is 1. The van der Waals surface area contributed by atoms with Crippen molar-refractivity contribution in [3.8, 4) is 5.69 Å². The van der Waals surface area contributed by atoms with E-state index in [1.54, 1.807) is 42.5 Å². The zero-order valence-corrected chi connectivity index (χ0v) is 18.7. The molecule has 0 spiro atoms. The molecule has 32 heavy (non-hydrogen) atoms. The number of aryl methyl sites for hydroxylation is 1. The van der Waals surface area contributed by atoms with Crippen LogP contribution in [-0.4, -0.2) is 25.7 Å². The third-order valence-corrected chi connectivity index (χ3v) is 6.29. The average Bonchev–Trinajstić information content (AvgIpc) is 3.07. The van der Waals surface area contributed by atoms with Crippen molar-refractivity contribution >= 4 is 28.4 Å². The number of carbonyl (C=O) groups excluding carboxylic acids is 1. The Kier molecular flexibility index (Phi) is 6.10. The fraction of sp³-hybridized carbons (Fsp3) is 0.160. The van der Waals surface area contributed by atoms with Crippen molar-refractivity contribution < 1.29 is 9.18 Å². The maximum Gasteiger partial charge on any atom is 0.266 e. The summed E-state index contributed by atoms with van der Waals surface area (Å²) in [5.74, 6) is -0.550. The highest BCUT2D eigenvalue weighted by molar-refractivity contribution is 7.99. The Bertz CT molecular complexity index is 1400. The molecule has 0 N–H and O–H groups in total.